The molecule has 1 aliphatic heterocycles. The number of hydrogen-bond donors (Lipinski definition) is 1. The van der Waals surface area contributed by atoms with Crippen LogP contribution in [0.25, 0.3) is 0 Å². The molecule has 1 saturated heterocycles. The Morgan fingerprint density at radius 3 is 2.94 bits per heavy atom. The molecule has 0 bridgehead atoms. The van der Waals surface area contributed by atoms with Gasteiger partial charge in [-0.25, -0.2) is 0 Å². The fourth-order valence-electron chi connectivity index (χ4n) is 1.99. The molecule has 1 unspecified atom stereocenters. The second kappa shape index (κ2) is 4.97. The molecule has 2 N–H and O–H groups in total. The Kier molecular flexibility index (Phi) is 3.61. The third-order valence-corrected chi connectivity index (χ3v) is 3.80. The minimum absolute atomic E-state index is 0.207. The fraction of sp³-hybridized carbons (Fsp3) is 0.417. The smallest absolute Gasteiger partial charge is 0.227 e. The van der Waals surface area contributed by atoms with Crippen LogP contribution in [0.15, 0.2) is 24.3 Å². The molecule has 86 valence electrons. The Morgan fingerprint density at radius 1 is 1.50 bits per heavy atom. The standard InChI is InChI=1S/C12H15BrN2O/c13-6-10-5-12(16)15(8-10)11-3-1-2-9(4-11)7-14/h1-4,10H,5-8,14H2. The Bertz CT molecular complexity index is 394. The second-order valence-electron chi connectivity index (χ2n) is 4.10. The average molecular weight is 283 g/mol. The number of nitrogens with zero attached hydrogens (tertiary/aromatic N) is 1. The molecule has 0 radical (unpaired) electrons. The van der Waals surface area contributed by atoms with Crippen LogP contribution >= 0.6 is 15.9 Å². The Morgan fingerprint density at radius 2 is 2.31 bits per heavy atom. The van der Waals surface area contributed by atoms with Gasteiger partial charge in [0.15, 0.2) is 0 Å². The number of carbonyl (C=O) groups is 1. The van der Waals surface area contributed by atoms with E-state index in [2.05, 4.69) is 15.9 Å². The molecule has 1 aliphatic rings. The van der Waals surface area contributed by atoms with E-state index in [4.69, 9.17) is 5.73 Å². The lowest BCUT2D eigenvalue weighted by molar-refractivity contribution is -0.117. The molecule has 0 aromatic heterocycles. The van der Waals surface area contributed by atoms with Crippen LogP contribution < -0.4 is 10.6 Å². The highest BCUT2D eigenvalue weighted by Crippen LogP contribution is 2.26. The molecule has 2 rings (SSSR count). The lowest BCUT2D eigenvalue weighted by atomic mass is 10.1. The minimum atomic E-state index is 0.207. The third-order valence-electron chi connectivity index (χ3n) is 2.88. The zero-order chi connectivity index (χ0) is 11.5. The SMILES string of the molecule is NCc1cccc(N2CC(CBr)CC2=O)c1. The van der Waals surface area contributed by atoms with Gasteiger partial charge in [-0.1, -0.05) is 28.1 Å². The Hall–Kier alpha value is -0.870. The van der Waals surface area contributed by atoms with Crippen molar-refractivity contribution < 1.29 is 4.79 Å². The van der Waals surface area contributed by atoms with Crippen LogP contribution in [-0.4, -0.2) is 17.8 Å². The van der Waals surface area contributed by atoms with E-state index >= 15 is 0 Å². The number of anilines is 1. The molecule has 4 heteroatoms. The van der Waals surface area contributed by atoms with Gasteiger partial charge in [0, 0.05) is 30.5 Å². The van der Waals surface area contributed by atoms with Gasteiger partial charge in [0.1, 0.15) is 0 Å². The largest absolute Gasteiger partial charge is 0.326 e. The number of alkyl halides is 1. The summed E-state index contributed by atoms with van der Waals surface area (Å²) in [6.07, 6.45) is 0.637. The summed E-state index contributed by atoms with van der Waals surface area (Å²) >= 11 is 3.43. The van der Waals surface area contributed by atoms with Crippen LogP contribution in [0, 0.1) is 5.92 Å². The van der Waals surface area contributed by atoms with Gasteiger partial charge < -0.3 is 10.6 Å². The number of nitrogens with two attached hydrogens (primary N) is 1. The first kappa shape index (κ1) is 11.6. The van der Waals surface area contributed by atoms with Crippen LogP contribution in [-0.2, 0) is 11.3 Å². The molecule has 3 nitrogen and oxygen atoms in total. The number of benzene rings is 1. The molecule has 1 aromatic rings. The lowest BCUT2D eigenvalue weighted by Crippen LogP contribution is -2.24. The van der Waals surface area contributed by atoms with E-state index in [1.807, 2.05) is 29.2 Å². The topological polar surface area (TPSA) is 46.3 Å². The number of rotatable bonds is 3. The summed E-state index contributed by atoms with van der Waals surface area (Å²) < 4.78 is 0. The maximum absolute atomic E-state index is 11.8. The lowest BCUT2D eigenvalue weighted by Gasteiger charge is -2.17. The van der Waals surface area contributed by atoms with Crippen molar-refractivity contribution in [1.29, 1.82) is 0 Å². The first-order chi connectivity index (χ1) is 7.74. The molecular weight excluding hydrogens is 268 g/mol. The van der Waals surface area contributed by atoms with Crippen molar-refractivity contribution in [2.45, 2.75) is 13.0 Å². The molecule has 1 heterocycles. The number of amides is 1. The highest BCUT2D eigenvalue weighted by Gasteiger charge is 2.29. The number of hydrogen-bond acceptors (Lipinski definition) is 2. The third kappa shape index (κ3) is 2.28. The van der Waals surface area contributed by atoms with Gasteiger partial charge in [-0.2, -0.15) is 0 Å². The van der Waals surface area contributed by atoms with Gasteiger partial charge >= 0.3 is 0 Å². The van der Waals surface area contributed by atoms with Gasteiger partial charge in [0.05, 0.1) is 0 Å². The van der Waals surface area contributed by atoms with Crippen molar-refractivity contribution in [1.82, 2.24) is 0 Å². The quantitative estimate of drug-likeness (QED) is 0.861. The summed E-state index contributed by atoms with van der Waals surface area (Å²) in [7, 11) is 0. The molecule has 0 spiro atoms. The zero-order valence-electron chi connectivity index (χ0n) is 9.03. The van der Waals surface area contributed by atoms with Crippen LogP contribution in [0.3, 0.4) is 0 Å². The number of halogens is 1. The summed E-state index contributed by atoms with van der Waals surface area (Å²) in [6.45, 7) is 1.32. The normalized spacial score (nSPS) is 20.5. The van der Waals surface area contributed by atoms with Crippen molar-refractivity contribution in [3.05, 3.63) is 29.8 Å². The van der Waals surface area contributed by atoms with E-state index in [1.54, 1.807) is 0 Å². The summed E-state index contributed by atoms with van der Waals surface area (Å²) in [5.41, 5.74) is 7.63. The first-order valence-electron chi connectivity index (χ1n) is 5.40. The molecule has 1 fully saturated rings. The van der Waals surface area contributed by atoms with Gasteiger partial charge in [-0.15, -0.1) is 0 Å². The second-order valence-corrected chi connectivity index (χ2v) is 4.75. The summed E-state index contributed by atoms with van der Waals surface area (Å²) in [5.74, 6) is 0.632. The van der Waals surface area contributed by atoms with E-state index in [0.29, 0.717) is 18.9 Å². The van der Waals surface area contributed by atoms with Gasteiger partial charge in [-0.3, -0.25) is 4.79 Å². The molecule has 0 aliphatic carbocycles. The summed E-state index contributed by atoms with van der Waals surface area (Å²) in [6, 6.07) is 7.89. The van der Waals surface area contributed by atoms with E-state index in [-0.39, 0.29) is 5.91 Å². The first-order valence-corrected chi connectivity index (χ1v) is 6.52. The molecule has 1 atom stereocenters. The zero-order valence-corrected chi connectivity index (χ0v) is 10.6. The number of carbonyl (C=O) groups excluding carboxylic acids is 1. The van der Waals surface area contributed by atoms with Crippen molar-refractivity contribution in [2.75, 3.05) is 16.8 Å². The van der Waals surface area contributed by atoms with Crippen molar-refractivity contribution in [2.24, 2.45) is 11.7 Å². The summed E-state index contributed by atoms with van der Waals surface area (Å²) in [4.78, 5) is 13.7. The highest BCUT2D eigenvalue weighted by molar-refractivity contribution is 9.09. The highest BCUT2D eigenvalue weighted by atomic mass is 79.9. The maximum Gasteiger partial charge on any atom is 0.227 e. The van der Waals surface area contributed by atoms with E-state index in [1.165, 1.54) is 0 Å². The Labute approximate surface area is 104 Å². The van der Waals surface area contributed by atoms with Gasteiger partial charge in [-0.05, 0) is 23.6 Å². The van der Waals surface area contributed by atoms with Crippen LogP contribution in [0.4, 0.5) is 5.69 Å². The van der Waals surface area contributed by atoms with Crippen LogP contribution in [0.2, 0.25) is 0 Å². The van der Waals surface area contributed by atoms with Crippen molar-refractivity contribution in [3.63, 3.8) is 0 Å². The Balaban J connectivity index is 2.20. The monoisotopic (exact) mass is 282 g/mol. The summed E-state index contributed by atoms with van der Waals surface area (Å²) in [5, 5.41) is 0.881. The van der Waals surface area contributed by atoms with E-state index in [9.17, 15) is 4.79 Å². The average Bonchev–Trinajstić information content (AvgIpc) is 2.71. The maximum atomic E-state index is 11.8. The molecule has 0 saturated carbocycles. The van der Waals surface area contributed by atoms with Gasteiger partial charge in [0.2, 0.25) is 5.91 Å². The van der Waals surface area contributed by atoms with Gasteiger partial charge in [0.25, 0.3) is 0 Å². The fourth-order valence-corrected chi connectivity index (χ4v) is 2.42. The molecular formula is C12H15BrN2O. The van der Waals surface area contributed by atoms with Crippen molar-refractivity contribution in [3.8, 4) is 0 Å². The van der Waals surface area contributed by atoms with E-state index < -0.39 is 0 Å². The molecule has 16 heavy (non-hydrogen) atoms. The molecule has 1 amide bonds. The van der Waals surface area contributed by atoms with Crippen LogP contribution in [0.5, 0.6) is 0 Å². The predicted molar refractivity (Wildman–Crippen MR) is 68.6 cm³/mol. The van der Waals surface area contributed by atoms with E-state index in [0.717, 1.165) is 23.1 Å². The minimum Gasteiger partial charge on any atom is -0.326 e. The predicted octanol–water partition coefficient (Wildman–Crippen LogP) is 1.89. The van der Waals surface area contributed by atoms with Crippen molar-refractivity contribution >= 4 is 27.5 Å². The van der Waals surface area contributed by atoms with Crippen LogP contribution in [0.1, 0.15) is 12.0 Å². The molecule has 1 aromatic carbocycles.